The van der Waals surface area contributed by atoms with Crippen molar-refractivity contribution in [2.45, 2.75) is 10.9 Å². The van der Waals surface area contributed by atoms with Gasteiger partial charge in [-0.05, 0) is 29.8 Å². The molecule has 7 heteroatoms. The van der Waals surface area contributed by atoms with Crippen LogP contribution in [0.25, 0.3) is 0 Å². The number of piperazine rings is 1. The summed E-state index contributed by atoms with van der Waals surface area (Å²) in [5.41, 5.74) is 2.41. The van der Waals surface area contributed by atoms with Gasteiger partial charge in [0.15, 0.2) is 0 Å². The van der Waals surface area contributed by atoms with E-state index in [1.54, 1.807) is 12.3 Å². The molecule has 1 atom stereocenters. The van der Waals surface area contributed by atoms with Crippen LogP contribution in [0.2, 0.25) is 0 Å². The predicted octanol–water partition coefficient (Wildman–Crippen LogP) is 1.91. The van der Waals surface area contributed by atoms with Crippen LogP contribution in [0.4, 0.5) is 5.69 Å². The summed E-state index contributed by atoms with van der Waals surface area (Å²) in [6, 6.07) is 9.54. The van der Waals surface area contributed by atoms with Crippen LogP contribution in [0.3, 0.4) is 0 Å². The van der Waals surface area contributed by atoms with Crippen molar-refractivity contribution in [1.82, 2.24) is 15.2 Å². The first kappa shape index (κ1) is 16.1. The smallest absolute Gasteiger partial charge is 0.254 e. The third-order valence-electron chi connectivity index (χ3n) is 4.41. The number of hydrogen-bond acceptors (Lipinski definition) is 5. The second kappa shape index (κ2) is 6.85. The number of rotatable bonds is 2. The largest absolute Gasteiger partial charge is 0.335 e. The van der Waals surface area contributed by atoms with Gasteiger partial charge < -0.3 is 15.5 Å². The first-order valence-corrected chi connectivity index (χ1v) is 9.18. The molecular weight excluding hydrogens is 336 g/mol. The van der Waals surface area contributed by atoms with E-state index in [-0.39, 0.29) is 17.9 Å². The average Bonchev–Trinajstić information content (AvgIpc) is 2.67. The monoisotopic (exact) mass is 354 g/mol. The highest BCUT2D eigenvalue weighted by atomic mass is 32.2. The third-order valence-corrected chi connectivity index (χ3v) is 5.48. The molecule has 0 radical (unpaired) electrons. The van der Waals surface area contributed by atoms with Crippen molar-refractivity contribution < 1.29 is 9.59 Å². The van der Waals surface area contributed by atoms with Crippen LogP contribution < -0.4 is 10.6 Å². The van der Waals surface area contributed by atoms with E-state index in [4.69, 9.17) is 0 Å². The number of nitrogens with one attached hydrogen (secondary N) is 2. The fourth-order valence-electron chi connectivity index (χ4n) is 3.14. The Balaban J connectivity index is 1.52. The van der Waals surface area contributed by atoms with E-state index in [2.05, 4.69) is 15.6 Å². The minimum atomic E-state index is -0.0269. The Morgan fingerprint density at radius 1 is 1.32 bits per heavy atom. The number of hydrogen-bond donors (Lipinski definition) is 2. The van der Waals surface area contributed by atoms with Crippen LogP contribution in [0.15, 0.2) is 47.6 Å². The summed E-state index contributed by atoms with van der Waals surface area (Å²) < 4.78 is 0. The molecule has 0 spiro atoms. The van der Waals surface area contributed by atoms with E-state index in [0.717, 1.165) is 22.7 Å². The highest BCUT2D eigenvalue weighted by Crippen LogP contribution is 2.32. The van der Waals surface area contributed by atoms with Crippen molar-refractivity contribution in [3.05, 3.63) is 53.9 Å². The molecule has 1 aromatic heterocycles. The Kier molecular flexibility index (Phi) is 4.42. The summed E-state index contributed by atoms with van der Waals surface area (Å²) in [4.78, 5) is 31.5. The molecule has 2 aliphatic heterocycles. The highest BCUT2D eigenvalue weighted by Gasteiger charge is 2.26. The molecule has 2 aromatic rings. The molecule has 25 heavy (non-hydrogen) atoms. The molecule has 1 fully saturated rings. The van der Waals surface area contributed by atoms with E-state index in [1.807, 2.05) is 35.4 Å². The molecule has 6 nitrogen and oxygen atoms in total. The Bertz CT molecular complexity index is 812. The molecule has 0 aliphatic carbocycles. The molecule has 0 saturated carbocycles. The summed E-state index contributed by atoms with van der Waals surface area (Å²) in [5.74, 6) is 0.383. The lowest BCUT2D eigenvalue weighted by Gasteiger charge is -2.34. The number of carbonyl (C=O) groups excluding carboxylic acids is 2. The summed E-state index contributed by atoms with van der Waals surface area (Å²) >= 11 is 1.50. The van der Waals surface area contributed by atoms with Crippen molar-refractivity contribution in [1.29, 1.82) is 0 Å². The lowest BCUT2D eigenvalue weighted by Crippen LogP contribution is -2.48. The average molecular weight is 354 g/mol. The van der Waals surface area contributed by atoms with Gasteiger partial charge in [-0.15, -0.1) is 11.8 Å². The normalized spacial score (nSPS) is 19.9. The van der Waals surface area contributed by atoms with Gasteiger partial charge in [0.05, 0.1) is 17.5 Å². The van der Waals surface area contributed by atoms with Crippen LogP contribution in [-0.4, -0.2) is 47.1 Å². The van der Waals surface area contributed by atoms with Crippen LogP contribution in [0.5, 0.6) is 0 Å². The molecule has 2 aliphatic rings. The molecule has 3 heterocycles. The molecule has 1 unspecified atom stereocenters. The number of anilines is 1. The molecule has 2 N–H and O–H groups in total. The van der Waals surface area contributed by atoms with Gasteiger partial charge >= 0.3 is 0 Å². The number of carbonyl (C=O) groups is 2. The van der Waals surface area contributed by atoms with Gasteiger partial charge in [-0.3, -0.25) is 14.6 Å². The minimum absolute atomic E-state index is 0.0111. The van der Waals surface area contributed by atoms with E-state index >= 15 is 0 Å². The van der Waals surface area contributed by atoms with Crippen LogP contribution >= 0.6 is 11.8 Å². The molecule has 128 valence electrons. The Labute approximate surface area is 150 Å². The number of pyridine rings is 1. The van der Waals surface area contributed by atoms with E-state index < -0.39 is 0 Å². The molecule has 1 aromatic carbocycles. The first-order valence-electron chi connectivity index (χ1n) is 8.20. The maximum Gasteiger partial charge on any atom is 0.254 e. The van der Waals surface area contributed by atoms with Crippen LogP contribution in [0, 0.1) is 0 Å². The van der Waals surface area contributed by atoms with Crippen molar-refractivity contribution in [3.63, 3.8) is 0 Å². The second-order valence-corrected chi connectivity index (χ2v) is 7.11. The van der Waals surface area contributed by atoms with Crippen LogP contribution in [-0.2, 0) is 4.79 Å². The number of fused-ring (bicyclic) bond motifs is 1. The maximum atomic E-state index is 12.9. The number of aromatic nitrogens is 1. The molecule has 2 amide bonds. The Morgan fingerprint density at radius 2 is 2.24 bits per heavy atom. The fraction of sp³-hybridized carbons (Fsp3) is 0.278. The van der Waals surface area contributed by atoms with Crippen molar-refractivity contribution in [2.75, 3.05) is 30.7 Å². The Hall–Kier alpha value is -2.38. The topological polar surface area (TPSA) is 74.3 Å². The lowest BCUT2D eigenvalue weighted by atomic mass is 10.1. The number of amides is 2. The quantitative estimate of drug-likeness (QED) is 0.862. The molecule has 1 saturated heterocycles. The van der Waals surface area contributed by atoms with Crippen molar-refractivity contribution in [3.8, 4) is 0 Å². The van der Waals surface area contributed by atoms with Gasteiger partial charge in [0.2, 0.25) is 5.91 Å². The molecule has 4 rings (SSSR count). The van der Waals surface area contributed by atoms with Gasteiger partial charge in [0, 0.05) is 42.5 Å². The third kappa shape index (κ3) is 3.38. The minimum Gasteiger partial charge on any atom is -0.335 e. The Morgan fingerprint density at radius 3 is 3.08 bits per heavy atom. The molecular formula is C18H18N4O2S. The van der Waals surface area contributed by atoms with Gasteiger partial charge in [0.1, 0.15) is 0 Å². The maximum absolute atomic E-state index is 12.9. The summed E-state index contributed by atoms with van der Waals surface area (Å²) in [7, 11) is 0. The zero-order chi connectivity index (χ0) is 17.2. The highest BCUT2D eigenvalue weighted by molar-refractivity contribution is 8.00. The van der Waals surface area contributed by atoms with E-state index in [1.165, 1.54) is 11.8 Å². The standard InChI is InChI=1S/C18H18N4O2S/c23-17-11-25-16-4-3-12(8-14(16)21-17)18(24)22-7-6-20-15(10-22)13-2-1-5-19-9-13/h1-5,8-9,15,20H,6-7,10-11H2,(H,21,23). The predicted molar refractivity (Wildman–Crippen MR) is 96.7 cm³/mol. The van der Waals surface area contributed by atoms with Crippen molar-refractivity contribution in [2.24, 2.45) is 0 Å². The molecule has 0 bridgehead atoms. The number of thioether (sulfide) groups is 1. The zero-order valence-corrected chi connectivity index (χ0v) is 14.4. The van der Waals surface area contributed by atoms with Gasteiger partial charge in [-0.1, -0.05) is 6.07 Å². The summed E-state index contributed by atoms with van der Waals surface area (Å²) in [6.45, 7) is 2.00. The first-order chi connectivity index (χ1) is 12.2. The van der Waals surface area contributed by atoms with E-state index in [0.29, 0.717) is 24.4 Å². The summed E-state index contributed by atoms with van der Waals surface area (Å²) in [6.07, 6.45) is 3.58. The van der Waals surface area contributed by atoms with Gasteiger partial charge in [0.25, 0.3) is 5.91 Å². The van der Waals surface area contributed by atoms with Gasteiger partial charge in [-0.25, -0.2) is 0 Å². The zero-order valence-electron chi connectivity index (χ0n) is 13.6. The number of nitrogens with zero attached hydrogens (tertiary/aromatic N) is 2. The van der Waals surface area contributed by atoms with Gasteiger partial charge in [-0.2, -0.15) is 0 Å². The fourth-order valence-corrected chi connectivity index (χ4v) is 3.93. The van der Waals surface area contributed by atoms with Crippen LogP contribution in [0.1, 0.15) is 22.0 Å². The number of benzene rings is 1. The SMILES string of the molecule is O=C1CSc2ccc(C(=O)N3CCNC(c4cccnc4)C3)cc2N1. The van der Waals surface area contributed by atoms with Crippen molar-refractivity contribution >= 4 is 29.3 Å². The summed E-state index contributed by atoms with van der Waals surface area (Å²) in [5, 5.41) is 6.27. The lowest BCUT2D eigenvalue weighted by molar-refractivity contribution is -0.113. The second-order valence-electron chi connectivity index (χ2n) is 6.09. The van der Waals surface area contributed by atoms with E-state index in [9.17, 15) is 9.59 Å².